The molecule has 2 aromatic carbocycles. The van der Waals surface area contributed by atoms with Crippen molar-refractivity contribution in [2.24, 2.45) is 0 Å². The van der Waals surface area contributed by atoms with Gasteiger partial charge in [-0.05, 0) is 35.4 Å². The third kappa shape index (κ3) is 2.97. The molecule has 0 aliphatic carbocycles. The molecule has 0 amide bonds. The lowest BCUT2D eigenvalue weighted by molar-refractivity contribution is 1.43. The third-order valence-electron chi connectivity index (χ3n) is 2.49. The highest BCUT2D eigenvalue weighted by Crippen LogP contribution is 2.39. The van der Waals surface area contributed by atoms with E-state index in [1.54, 1.807) is 12.1 Å². The zero-order chi connectivity index (χ0) is 13.3. The summed E-state index contributed by atoms with van der Waals surface area (Å²) in [5.41, 5.74) is 2.74. The van der Waals surface area contributed by atoms with Gasteiger partial charge in [0.1, 0.15) is 0 Å². The molecule has 0 fully saturated rings. The molecule has 0 spiro atoms. The average molecular weight is 385 g/mol. The van der Waals surface area contributed by atoms with E-state index in [0.717, 1.165) is 16.7 Å². The molecule has 2 rings (SSSR count). The summed E-state index contributed by atoms with van der Waals surface area (Å²) in [6.07, 6.45) is 0. The van der Waals surface area contributed by atoms with Crippen LogP contribution in [0.25, 0.3) is 11.1 Å². The van der Waals surface area contributed by atoms with Crippen LogP contribution in [0.3, 0.4) is 0 Å². The van der Waals surface area contributed by atoms with E-state index in [-0.39, 0.29) is 0 Å². The Kier molecular flexibility index (Phi) is 4.85. The number of halogens is 5. The van der Waals surface area contributed by atoms with Gasteiger partial charge in [-0.15, -0.1) is 0 Å². The molecular weight excluding hydrogens is 378 g/mol. The van der Waals surface area contributed by atoms with Crippen molar-refractivity contribution in [1.29, 1.82) is 0 Å². The summed E-state index contributed by atoms with van der Waals surface area (Å²) in [7, 11) is 0. The number of alkyl halides is 1. The van der Waals surface area contributed by atoms with Crippen LogP contribution in [0.5, 0.6) is 0 Å². The predicted molar refractivity (Wildman–Crippen MR) is 84.5 cm³/mol. The van der Waals surface area contributed by atoms with E-state index in [9.17, 15) is 0 Å². The van der Waals surface area contributed by atoms with Crippen molar-refractivity contribution in [2.45, 2.75) is 5.33 Å². The SMILES string of the molecule is Clc1cc(Cl)c(-c2ccc(Cl)cc2CBr)c(Cl)c1. The quantitative estimate of drug-likeness (QED) is 0.496. The maximum Gasteiger partial charge on any atom is 0.0514 e. The zero-order valence-electron chi connectivity index (χ0n) is 8.98. The number of rotatable bonds is 2. The highest BCUT2D eigenvalue weighted by molar-refractivity contribution is 9.08. The molecule has 0 atom stereocenters. The second-order valence-electron chi connectivity index (χ2n) is 3.68. The first kappa shape index (κ1) is 14.5. The fourth-order valence-electron chi connectivity index (χ4n) is 1.72. The molecule has 0 N–H and O–H groups in total. The van der Waals surface area contributed by atoms with E-state index < -0.39 is 0 Å². The van der Waals surface area contributed by atoms with Crippen molar-refractivity contribution in [3.8, 4) is 11.1 Å². The largest absolute Gasteiger partial charge is 0.0876 e. The maximum absolute atomic E-state index is 6.22. The van der Waals surface area contributed by atoms with Crippen molar-refractivity contribution in [3.05, 3.63) is 56.0 Å². The minimum atomic E-state index is 0.517. The lowest BCUT2D eigenvalue weighted by Gasteiger charge is -2.12. The number of hydrogen-bond acceptors (Lipinski definition) is 0. The molecule has 18 heavy (non-hydrogen) atoms. The van der Waals surface area contributed by atoms with Gasteiger partial charge < -0.3 is 0 Å². The van der Waals surface area contributed by atoms with Gasteiger partial charge in [-0.25, -0.2) is 0 Å². The second-order valence-corrected chi connectivity index (χ2v) is 5.93. The van der Waals surface area contributed by atoms with Crippen LogP contribution in [0.4, 0.5) is 0 Å². The van der Waals surface area contributed by atoms with Gasteiger partial charge in [0.2, 0.25) is 0 Å². The highest BCUT2D eigenvalue weighted by atomic mass is 79.9. The fourth-order valence-corrected chi connectivity index (χ4v) is 3.40. The van der Waals surface area contributed by atoms with Gasteiger partial charge >= 0.3 is 0 Å². The van der Waals surface area contributed by atoms with Crippen molar-refractivity contribution in [3.63, 3.8) is 0 Å². The molecule has 2 aromatic rings. The second kappa shape index (κ2) is 6.02. The molecule has 0 radical (unpaired) electrons. The van der Waals surface area contributed by atoms with Gasteiger partial charge in [0.15, 0.2) is 0 Å². The first-order valence-electron chi connectivity index (χ1n) is 5.02. The van der Waals surface area contributed by atoms with E-state index in [1.807, 2.05) is 18.2 Å². The molecule has 0 unspecified atom stereocenters. The summed E-state index contributed by atoms with van der Waals surface area (Å²) >= 11 is 27.8. The first-order valence-corrected chi connectivity index (χ1v) is 7.65. The Morgan fingerprint density at radius 1 is 0.833 bits per heavy atom. The molecule has 0 aromatic heterocycles. The van der Waals surface area contributed by atoms with Gasteiger partial charge in [0.05, 0.1) is 10.0 Å². The smallest absolute Gasteiger partial charge is 0.0514 e. The lowest BCUT2D eigenvalue weighted by atomic mass is 10.0. The Hall–Kier alpha value is 0.0800. The van der Waals surface area contributed by atoms with E-state index in [0.29, 0.717) is 25.4 Å². The van der Waals surface area contributed by atoms with Gasteiger partial charge in [0.25, 0.3) is 0 Å². The van der Waals surface area contributed by atoms with Crippen LogP contribution in [0, 0.1) is 0 Å². The summed E-state index contributed by atoms with van der Waals surface area (Å²) in [6.45, 7) is 0. The standard InChI is InChI=1S/C13H7BrCl4/c14-6-7-3-8(15)1-2-10(7)13-11(17)4-9(16)5-12(13)18/h1-5H,6H2. The molecule has 0 nitrogen and oxygen atoms in total. The molecule has 0 bridgehead atoms. The first-order chi connectivity index (χ1) is 8.52. The third-order valence-corrected chi connectivity index (χ3v) is 4.14. The predicted octanol–water partition coefficient (Wildman–Crippen LogP) is 6.86. The van der Waals surface area contributed by atoms with Crippen LogP contribution in [-0.4, -0.2) is 0 Å². The van der Waals surface area contributed by atoms with Gasteiger partial charge in [-0.1, -0.05) is 68.4 Å². The average Bonchev–Trinajstić information content (AvgIpc) is 2.29. The number of benzene rings is 2. The monoisotopic (exact) mass is 382 g/mol. The van der Waals surface area contributed by atoms with Crippen molar-refractivity contribution in [1.82, 2.24) is 0 Å². The highest BCUT2D eigenvalue weighted by Gasteiger charge is 2.13. The Bertz CT molecular complexity index is 573. The van der Waals surface area contributed by atoms with E-state index in [4.69, 9.17) is 46.4 Å². The normalized spacial score (nSPS) is 10.7. The minimum Gasteiger partial charge on any atom is -0.0876 e. The van der Waals surface area contributed by atoms with Crippen LogP contribution in [0.15, 0.2) is 30.3 Å². The van der Waals surface area contributed by atoms with Crippen molar-refractivity contribution >= 4 is 62.3 Å². The fraction of sp³-hybridized carbons (Fsp3) is 0.0769. The molecule has 0 aliphatic heterocycles. The van der Waals surface area contributed by atoms with Crippen LogP contribution in [0.2, 0.25) is 20.1 Å². The molecule has 0 saturated heterocycles. The molecule has 0 saturated carbocycles. The summed E-state index contributed by atoms with van der Waals surface area (Å²) < 4.78 is 0. The van der Waals surface area contributed by atoms with Crippen molar-refractivity contribution < 1.29 is 0 Å². The minimum absolute atomic E-state index is 0.517. The Labute approximate surface area is 134 Å². The lowest BCUT2D eigenvalue weighted by Crippen LogP contribution is -1.89. The van der Waals surface area contributed by atoms with Crippen LogP contribution in [-0.2, 0) is 5.33 Å². The van der Waals surface area contributed by atoms with Crippen molar-refractivity contribution in [2.75, 3.05) is 0 Å². The molecule has 0 heterocycles. The van der Waals surface area contributed by atoms with Crippen LogP contribution < -0.4 is 0 Å². The van der Waals surface area contributed by atoms with Gasteiger partial charge in [-0.3, -0.25) is 0 Å². The Morgan fingerprint density at radius 2 is 1.44 bits per heavy atom. The molecule has 94 valence electrons. The van der Waals surface area contributed by atoms with E-state index in [1.165, 1.54) is 0 Å². The van der Waals surface area contributed by atoms with Crippen LogP contribution in [0.1, 0.15) is 5.56 Å². The molecule has 5 heteroatoms. The summed E-state index contributed by atoms with van der Waals surface area (Å²) in [6, 6.07) is 8.95. The molecular formula is C13H7BrCl4. The van der Waals surface area contributed by atoms with Crippen LogP contribution >= 0.6 is 62.3 Å². The van der Waals surface area contributed by atoms with E-state index >= 15 is 0 Å². The topological polar surface area (TPSA) is 0 Å². The summed E-state index contributed by atoms with van der Waals surface area (Å²) in [5.74, 6) is 0. The van der Waals surface area contributed by atoms with Gasteiger partial charge in [-0.2, -0.15) is 0 Å². The number of hydrogen-bond donors (Lipinski definition) is 0. The summed E-state index contributed by atoms with van der Waals surface area (Å²) in [4.78, 5) is 0. The zero-order valence-corrected chi connectivity index (χ0v) is 13.6. The molecule has 0 aliphatic rings. The Balaban J connectivity index is 2.69. The maximum atomic E-state index is 6.22. The Morgan fingerprint density at radius 3 is 2.00 bits per heavy atom. The van der Waals surface area contributed by atoms with E-state index in [2.05, 4.69) is 15.9 Å². The van der Waals surface area contributed by atoms with Gasteiger partial charge in [0, 0.05) is 20.9 Å². The summed E-state index contributed by atoms with van der Waals surface area (Å²) in [5, 5.41) is 2.91.